The first-order valence-electron chi connectivity index (χ1n) is 11.3. The van der Waals surface area contributed by atoms with Gasteiger partial charge in [-0.15, -0.1) is 0 Å². The summed E-state index contributed by atoms with van der Waals surface area (Å²) >= 11 is 0. The number of hydrogen-bond acceptors (Lipinski definition) is 7. The van der Waals surface area contributed by atoms with Crippen LogP contribution in [0.2, 0.25) is 0 Å². The molecule has 0 radical (unpaired) electrons. The fourth-order valence-corrected chi connectivity index (χ4v) is 5.26. The lowest BCUT2D eigenvalue weighted by molar-refractivity contribution is -0.384. The number of nitro groups is 1. The van der Waals surface area contributed by atoms with E-state index in [4.69, 9.17) is 4.74 Å². The Morgan fingerprint density at radius 1 is 0.973 bits per heavy atom. The van der Waals surface area contributed by atoms with Crippen LogP contribution in [-0.2, 0) is 19.6 Å². The maximum absolute atomic E-state index is 12.4. The van der Waals surface area contributed by atoms with Crippen molar-refractivity contribution < 1.29 is 32.8 Å². The van der Waals surface area contributed by atoms with Gasteiger partial charge in [0.05, 0.1) is 9.82 Å². The number of alkyl carbamates (subject to hydrolysis) is 1. The lowest BCUT2D eigenvalue weighted by Crippen LogP contribution is -2.43. The van der Waals surface area contributed by atoms with Crippen LogP contribution in [0.3, 0.4) is 0 Å². The number of carbonyl (C=O) groups is 2. The van der Waals surface area contributed by atoms with Crippen molar-refractivity contribution in [3.63, 3.8) is 0 Å². The number of benzene rings is 3. The Hall–Kier alpha value is -4.29. The SMILES string of the molecule is O=C(N[C@@H](CCNS(=O)(=O)c1ccc([N+](=O)[O-])cc1)C(=O)O)OCC1c2ccccc2-c2ccccc21. The number of non-ortho nitro benzene ring substituents is 1. The number of carboxylic acid groups (broad SMARTS) is 1. The number of amides is 1. The van der Waals surface area contributed by atoms with Crippen molar-refractivity contribution in [3.05, 3.63) is 94.0 Å². The average Bonchev–Trinajstić information content (AvgIpc) is 3.20. The number of aliphatic carboxylic acids is 1. The Balaban J connectivity index is 1.33. The topological polar surface area (TPSA) is 165 Å². The minimum Gasteiger partial charge on any atom is -0.480 e. The molecule has 1 aliphatic rings. The van der Waals surface area contributed by atoms with Crippen molar-refractivity contribution in [1.29, 1.82) is 0 Å². The van der Waals surface area contributed by atoms with E-state index in [-0.39, 0.29) is 36.1 Å². The molecule has 0 aromatic heterocycles. The van der Waals surface area contributed by atoms with Gasteiger partial charge >= 0.3 is 12.1 Å². The zero-order chi connectivity index (χ0) is 26.6. The molecular formula is C25H23N3O8S. The summed E-state index contributed by atoms with van der Waals surface area (Å²) in [7, 11) is -4.04. The zero-order valence-electron chi connectivity index (χ0n) is 19.4. The Morgan fingerprint density at radius 3 is 2.08 bits per heavy atom. The molecule has 37 heavy (non-hydrogen) atoms. The van der Waals surface area contributed by atoms with Gasteiger partial charge in [-0.1, -0.05) is 48.5 Å². The van der Waals surface area contributed by atoms with Crippen LogP contribution in [0.25, 0.3) is 11.1 Å². The number of ether oxygens (including phenoxy) is 1. The van der Waals surface area contributed by atoms with Crippen molar-refractivity contribution in [2.75, 3.05) is 13.2 Å². The van der Waals surface area contributed by atoms with Gasteiger partial charge in [-0.25, -0.2) is 22.7 Å². The number of rotatable bonds is 10. The predicted octanol–water partition coefficient (Wildman–Crippen LogP) is 3.26. The number of nitrogens with zero attached hydrogens (tertiary/aromatic N) is 1. The summed E-state index contributed by atoms with van der Waals surface area (Å²) in [5, 5.41) is 22.5. The minimum absolute atomic E-state index is 0.00102. The van der Waals surface area contributed by atoms with Crippen LogP contribution in [0, 0.1) is 10.1 Å². The molecule has 1 atom stereocenters. The van der Waals surface area contributed by atoms with E-state index in [9.17, 15) is 33.2 Å². The molecule has 3 N–H and O–H groups in total. The lowest BCUT2D eigenvalue weighted by atomic mass is 9.98. The molecule has 1 aliphatic carbocycles. The van der Waals surface area contributed by atoms with Crippen molar-refractivity contribution in [3.8, 4) is 11.1 Å². The second kappa shape index (κ2) is 10.8. The zero-order valence-corrected chi connectivity index (χ0v) is 20.2. The molecule has 0 bridgehead atoms. The van der Waals surface area contributed by atoms with E-state index in [0.29, 0.717) is 0 Å². The van der Waals surface area contributed by atoms with Gasteiger partial charge in [0.2, 0.25) is 10.0 Å². The number of sulfonamides is 1. The molecule has 0 spiro atoms. The standard InChI is InChI=1S/C25H23N3O8S/c29-24(30)23(13-14-26-37(34,35)17-11-9-16(10-12-17)28(32)33)27-25(31)36-15-22-20-7-3-1-5-18(20)19-6-2-4-8-21(19)22/h1-12,22-23,26H,13-15H2,(H,27,31)(H,29,30)/t23-/m0/s1. The van der Waals surface area contributed by atoms with E-state index in [1.54, 1.807) is 0 Å². The fraction of sp³-hybridized carbons (Fsp3) is 0.200. The first-order chi connectivity index (χ1) is 17.7. The largest absolute Gasteiger partial charge is 0.480 e. The molecule has 0 aliphatic heterocycles. The lowest BCUT2D eigenvalue weighted by Gasteiger charge is -2.17. The van der Waals surface area contributed by atoms with Gasteiger partial charge in [0.25, 0.3) is 5.69 Å². The number of hydrogen-bond donors (Lipinski definition) is 3. The van der Waals surface area contributed by atoms with Crippen LogP contribution in [0.5, 0.6) is 0 Å². The molecule has 11 nitrogen and oxygen atoms in total. The summed E-state index contributed by atoms with van der Waals surface area (Å²) in [6, 6.07) is 18.4. The first kappa shape index (κ1) is 25.8. The number of carboxylic acids is 1. The van der Waals surface area contributed by atoms with Gasteiger partial charge in [-0.05, 0) is 40.8 Å². The molecule has 0 heterocycles. The van der Waals surface area contributed by atoms with Gasteiger partial charge in [0, 0.05) is 24.6 Å². The van der Waals surface area contributed by atoms with Gasteiger partial charge in [-0.2, -0.15) is 0 Å². The average molecular weight is 526 g/mol. The van der Waals surface area contributed by atoms with Crippen LogP contribution in [0.1, 0.15) is 23.5 Å². The highest BCUT2D eigenvalue weighted by Gasteiger charge is 2.30. The predicted molar refractivity (Wildman–Crippen MR) is 133 cm³/mol. The number of nitro benzene ring substituents is 1. The summed E-state index contributed by atoms with van der Waals surface area (Å²) in [5.41, 5.74) is 3.85. The smallest absolute Gasteiger partial charge is 0.407 e. The summed E-state index contributed by atoms with van der Waals surface area (Å²) in [4.78, 5) is 33.9. The first-order valence-corrected chi connectivity index (χ1v) is 12.7. The maximum Gasteiger partial charge on any atom is 0.407 e. The van der Waals surface area contributed by atoms with Crippen molar-refractivity contribution in [2.24, 2.45) is 0 Å². The van der Waals surface area contributed by atoms with Gasteiger partial charge in [0.15, 0.2) is 0 Å². The van der Waals surface area contributed by atoms with Crippen molar-refractivity contribution >= 4 is 27.8 Å². The third-order valence-electron chi connectivity index (χ3n) is 6.02. The normalized spacial score (nSPS) is 13.3. The molecule has 3 aromatic rings. The van der Waals surface area contributed by atoms with E-state index >= 15 is 0 Å². The number of carbonyl (C=O) groups excluding carboxylic acids is 1. The molecular weight excluding hydrogens is 502 g/mol. The molecule has 192 valence electrons. The highest BCUT2D eigenvalue weighted by atomic mass is 32.2. The fourth-order valence-electron chi connectivity index (χ4n) is 4.21. The molecule has 1 amide bonds. The number of nitrogens with one attached hydrogen (secondary N) is 2. The van der Waals surface area contributed by atoms with E-state index in [1.807, 2.05) is 48.5 Å². The van der Waals surface area contributed by atoms with Crippen LogP contribution in [-0.4, -0.2) is 49.7 Å². The minimum atomic E-state index is -4.04. The third kappa shape index (κ3) is 5.76. The van der Waals surface area contributed by atoms with Gasteiger partial charge < -0.3 is 15.2 Å². The van der Waals surface area contributed by atoms with Gasteiger partial charge in [0.1, 0.15) is 12.6 Å². The maximum atomic E-state index is 12.4. The Bertz CT molecular complexity index is 1390. The molecule has 0 unspecified atom stereocenters. The van der Waals surface area contributed by atoms with E-state index < -0.39 is 33.1 Å². The summed E-state index contributed by atoms with van der Waals surface area (Å²) in [6.45, 7) is -0.307. The molecule has 0 saturated carbocycles. The molecule has 0 fully saturated rings. The Labute approximate surface area is 212 Å². The summed E-state index contributed by atoms with van der Waals surface area (Å²) < 4.78 is 32.4. The second-order valence-corrected chi connectivity index (χ2v) is 10.1. The quantitative estimate of drug-likeness (QED) is 0.268. The second-order valence-electron chi connectivity index (χ2n) is 8.30. The molecule has 0 saturated heterocycles. The van der Waals surface area contributed by atoms with E-state index in [0.717, 1.165) is 46.5 Å². The van der Waals surface area contributed by atoms with Crippen LogP contribution in [0.4, 0.5) is 10.5 Å². The molecule has 4 rings (SSSR count). The molecule has 3 aromatic carbocycles. The van der Waals surface area contributed by atoms with E-state index in [1.165, 1.54) is 0 Å². The third-order valence-corrected chi connectivity index (χ3v) is 7.49. The van der Waals surface area contributed by atoms with Crippen molar-refractivity contribution in [2.45, 2.75) is 23.3 Å². The van der Waals surface area contributed by atoms with Gasteiger partial charge in [-0.3, -0.25) is 10.1 Å². The highest BCUT2D eigenvalue weighted by molar-refractivity contribution is 7.89. The van der Waals surface area contributed by atoms with E-state index in [2.05, 4.69) is 10.0 Å². The van der Waals surface area contributed by atoms with Crippen LogP contribution >= 0.6 is 0 Å². The summed E-state index contributed by atoms with van der Waals surface area (Å²) in [5.74, 6) is -1.56. The summed E-state index contributed by atoms with van der Waals surface area (Å²) in [6.07, 6.45) is -1.20. The Morgan fingerprint density at radius 2 is 1.54 bits per heavy atom. The monoisotopic (exact) mass is 525 g/mol. The molecule has 12 heteroatoms. The van der Waals surface area contributed by atoms with Crippen molar-refractivity contribution in [1.82, 2.24) is 10.0 Å². The van der Waals surface area contributed by atoms with Crippen LogP contribution in [0.15, 0.2) is 77.7 Å². The highest BCUT2D eigenvalue weighted by Crippen LogP contribution is 2.44. The Kier molecular flexibility index (Phi) is 7.50. The number of fused-ring (bicyclic) bond motifs is 3. The van der Waals surface area contributed by atoms with Crippen LogP contribution < -0.4 is 10.0 Å².